The molecule has 0 aromatic heterocycles. The van der Waals surface area contributed by atoms with Gasteiger partial charge < -0.3 is 4.84 Å². The van der Waals surface area contributed by atoms with Crippen LogP contribution in [0.2, 0.25) is 0 Å². The lowest BCUT2D eigenvalue weighted by Crippen LogP contribution is -2.24. The summed E-state index contributed by atoms with van der Waals surface area (Å²) in [6, 6.07) is 18.5. The van der Waals surface area contributed by atoms with Crippen LogP contribution in [0.3, 0.4) is 0 Å². The Kier molecular flexibility index (Phi) is 4.29. The van der Waals surface area contributed by atoms with Crippen LogP contribution in [0, 0.1) is 11.3 Å². The first-order valence-corrected chi connectivity index (χ1v) is 8.46. The molecule has 0 saturated carbocycles. The minimum absolute atomic E-state index is 0.137. The monoisotopic (exact) mass is 310 g/mol. The topological polar surface area (TPSA) is 45.4 Å². The Hall–Kier alpha value is -2.07. The van der Waals surface area contributed by atoms with E-state index in [-0.39, 0.29) is 17.7 Å². The Morgan fingerprint density at radius 3 is 2.41 bits per heavy atom. The van der Waals surface area contributed by atoms with E-state index in [0.29, 0.717) is 0 Å². The van der Waals surface area contributed by atoms with E-state index in [0.717, 1.165) is 11.3 Å². The van der Waals surface area contributed by atoms with Crippen LogP contribution in [0.25, 0.3) is 0 Å². The highest BCUT2D eigenvalue weighted by atomic mass is 32.2. The molecule has 112 valence electrons. The van der Waals surface area contributed by atoms with Crippen molar-refractivity contribution < 1.29 is 4.84 Å². The van der Waals surface area contributed by atoms with Crippen LogP contribution in [-0.2, 0) is 4.84 Å². The molecule has 2 unspecified atom stereocenters. The van der Waals surface area contributed by atoms with Gasteiger partial charge in [-0.25, -0.2) is 0 Å². The molecule has 1 N–H and O–H groups in total. The molecule has 2 aromatic carbocycles. The lowest BCUT2D eigenvalue weighted by molar-refractivity contribution is 0.327. The number of rotatable bonds is 4. The van der Waals surface area contributed by atoms with Gasteiger partial charge >= 0.3 is 0 Å². The zero-order valence-electron chi connectivity index (χ0n) is 12.6. The lowest BCUT2D eigenvalue weighted by Gasteiger charge is -2.19. The van der Waals surface area contributed by atoms with Gasteiger partial charge in [0.15, 0.2) is 0 Å². The molecule has 1 aliphatic heterocycles. The van der Waals surface area contributed by atoms with Crippen molar-refractivity contribution in [2.75, 3.05) is 6.26 Å². The van der Waals surface area contributed by atoms with Gasteiger partial charge in [-0.05, 0) is 29.9 Å². The molecule has 3 rings (SSSR count). The second-order valence-electron chi connectivity index (χ2n) is 5.34. The molecule has 1 aliphatic rings. The molecule has 0 spiro atoms. The van der Waals surface area contributed by atoms with Gasteiger partial charge in [0.25, 0.3) is 0 Å². The highest BCUT2D eigenvalue weighted by Crippen LogP contribution is 2.33. The summed E-state index contributed by atoms with van der Waals surface area (Å²) in [5.74, 6) is 0.229. The molecule has 4 heteroatoms. The Balaban J connectivity index is 1.90. The van der Waals surface area contributed by atoms with Crippen molar-refractivity contribution in [2.45, 2.75) is 17.7 Å². The van der Waals surface area contributed by atoms with Crippen molar-refractivity contribution in [3.8, 4) is 0 Å². The molecule has 3 nitrogen and oxygen atoms in total. The highest BCUT2D eigenvalue weighted by Gasteiger charge is 2.35. The summed E-state index contributed by atoms with van der Waals surface area (Å²) in [6.07, 6.45) is 2.07. The van der Waals surface area contributed by atoms with E-state index in [4.69, 9.17) is 10.2 Å². The van der Waals surface area contributed by atoms with Gasteiger partial charge in [0, 0.05) is 10.5 Å². The van der Waals surface area contributed by atoms with Gasteiger partial charge in [-0.2, -0.15) is 0 Å². The Labute approximate surface area is 134 Å². The minimum Gasteiger partial charge on any atom is -0.341 e. The standard InChI is InChI=1S/C18H18N2OS/c1-12(13-8-10-15(22-2)11-9-13)16-17(20-21-18(16)19)14-6-4-3-5-7-14/h3-12,16,19H,1-2H3. The molecule has 0 radical (unpaired) electrons. The van der Waals surface area contributed by atoms with Crippen molar-refractivity contribution in [3.63, 3.8) is 0 Å². The third kappa shape index (κ3) is 2.79. The number of oxime groups is 1. The lowest BCUT2D eigenvalue weighted by atomic mass is 9.82. The number of hydrogen-bond acceptors (Lipinski definition) is 4. The van der Waals surface area contributed by atoms with E-state index < -0.39 is 0 Å². The fraction of sp³-hybridized carbons (Fsp3) is 0.222. The van der Waals surface area contributed by atoms with Crippen LogP contribution in [0.4, 0.5) is 0 Å². The number of nitrogens with zero attached hydrogens (tertiary/aromatic N) is 1. The van der Waals surface area contributed by atoms with E-state index in [1.165, 1.54) is 10.5 Å². The largest absolute Gasteiger partial charge is 0.341 e. The van der Waals surface area contributed by atoms with Crippen LogP contribution < -0.4 is 0 Å². The molecule has 0 fully saturated rings. The molecule has 0 saturated heterocycles. The Morgan fingerprint density at radius 1 is 1.09 bits per heavy atom. The van der Waals surface area contributed by atoms with Gasteiger partial charge in [-0.15, -0.1) is 11.8 Å². The quantitative estimate of drug-likeness (QED) is 0.843. The predicted octanol–water partition coefficient (Wildman–Crippen LogP) is 4.54. The van der Waals surface area contributed by atoms with E-state index >= 15 is 0 Å². The van der Waals surface area contributed by atoms with Gasteiger partial charge in [0.1, 0.15) is 5.71 Å². The molecular weight excluding hydrogens is 292 g/mol. The zero-order chi connectivity index (χ0) is 15.5. The fourth-order valence-electron chi connectivity index (χ4n) is 2.74. The van der Waals surface area contributed by atoms with Gasteiger partial charge in [0.2, 0.25) is 5.90 Å². The maximum atomic E-state index is 8.10. The molecule has 2 atom stereocenters. The van der Waals surface area contributed by atoms with Crippen LogP contribution in [0.5, 0.6) is 0 Å². The van der Waals surface area contributed by atoms with E-state index in [9.17, 15) is 0 Å². The van der Waals surface area contributed by atoms with E-state index in [1.54, 1.807) is 11.8 Å². The molecule has 0 amide bonds. The molecule has 2 aromatic rings. The van der Waals surface area contributed by atoms with Gasteiger partial charge in [-0.1, -0.05) is 54.5 Å². The summed E-state index contributed by atoms with van der Waals surface area (Å²) in [7, 11) is 0. The summed E-state index contributed by atoms with van der Waals surface area (Å²) in [5.41, 5.74) is 3.05. The fourth-order valence-corrected chi connectivity index (χ4v) is 3.15. The first-order chi connectivity index (χ1) is 10.7. The molecule has 22 heavy (non-hydrogen) atoms. The van der Waals surface area contributed by atoms with Crippen molar-refractivity contribution in [1.29, 1.82) is 5.41 Å². The summed E-state index contributed by atoms with van der Waals surface area (Å²) in [4.78, 5) is 6.43. The smallest absolute Gasteiger partial charge is 0.227 e. The first kappa shape index (κ1) is 14.9. The third-order valence-electron chi connectivity index (χ3n) is 4.03. The highest BCUT2D eigenvalue weighted by molar-refractivity contribution is 7.98. The number of hydrogen-bond donors (Lipinski definition) is 1. The zero-order valence-corrected chi connectivity index (χ0v) is 13.4. The van der Waals surface area contributed by atoms with Crippen LogP contribution in [0.1, 0.15) is 24.0 Å². The van der Waals surface area contributed by atoms with Crippen molar-refractivity contribution in [3.05, 3.63) is 65.7 Å². The van der Waals surface area contributed by atoms with Gasteiger partial charge in [0.05, 0.1) is 5.92 Å². The van der Waals surface area contributed by atoms with Crippen LogP contribution >= 0.6 is 11.8 Å². The summed E-state index contributed by atoms with van der Waals surface area (Å²) in [6.45, 7) is 2.13. The van der Waals surface area contributed by atoms with Crippen molar-refractivity contribution in [2.24, 2.45) is 11.1 Å². The average molecular weight is 310 g/mol. The third-order valence-corrected chi connectivity index (χ3v) is 4.77. The van der Waals surface area contributed by atoms with Gasteiger partial charge in [-0.3, -0.25) is 5.41 Å². The molecular formula is C18H18N2OS. The number of nitrogens with one attached hydrogen (secondary N) is 1. The van der Waals surface area contributed by atoms with Crippen LogP contribution in [0.15, 0.2) is 64.6 Å². The maximum absolute atomic E-state index is 8.10. The van der Waals surface area contributed by atoms with E-state index in [2.05, 4.69) is 42.6 Å². The maximum Gasteiger partial charge on any atom is 0.227 e. The second kappa shape index (κ2) is 6.36. The van der Waals surface area contributed by atoms with E-state index in [1.807, 2.05) is 30.3 Å². The Bertz CT molecular complexity index is 695. The second-order valence-corrected chi connectivity index (χ2v) is 6.22. The van der Waals surface area contributed by atoms with Crippen molar-refractivity contribution >= 4 is 23.4 Å². The summed E-state index contributed by atoms with van der Waals surface area (Å²) >= 11 is 1.73. The predicted molar refractivity (Wildman–Crippen MR) is 91.9 cm³/mol. The Morgan fingerprint density at radius 2 is 1.77 bits per heavy atom. The minimum atomic E-state index is -0.137. The normalized spacial score (nSPS) is 18.7. The molecule has 0 bridgehead atoms. The number of thioether (sulfide) groups is 1. The number of benzene rings is 2. The summed E-state index contributed by atoms with van der Waals surface area (Å²) < 4.78 is 0. The molecule has 1 heterocycles. The van der Waals surface area contributed by atoms with Crippen LogP contribution in [-0.4, -0.2) is 17.9 Å². The SMILES string of the molecule is CSc1ccc(C(C)C2C(=N)ON=C2c2ccccc2)cc1. The molecule has 0 aliphatic carbocycles. The summed E-state index contributed by atoms with van der Waals surface area (Å²) in [5, 5.41) is 12.2. The first-order valence-electron chi connectivity index (χ1n) is 7.23. The average Bonchev–Trinajstić information content (AvgIpc) is 2.96. The van der Waals surface area contributed by atoms with Crippen molar-refractivity contribution in [1.82, 2.24) is 0 Å².